The van der Waals surface area contributed by atoms with Crippen molar-refractivity contribution in [2.24, 2.45) is 0 Å². The standard InChI is InChI=1S/C9H18F3NO/c1-7(6-9(10,11)12)13-5-4-8(2,3)14/h7,13-14H,4-6H2,1-3H3. The summed E-state index contributed by atoms with van der Waals surface area (Å²) in [5.74, 6) is 0. The first-order valence-electron chi connectivity index (χ1n) is 4.63. The maximum absolute atomic E-state index is 11.9. The summed E-state index contributed by atoms with van der Waals surface area (Å²) in [7, 11) is 0. The molecule has 2 N–H and O–H groups in total. The van der Waals surface area contributed by atoms with Crippen LogP contribution in [0.2, 0.25) is 0 Å². The van der Waals surface area contributed by atoms with Crippen LogP contribution in [0.1, 0.15) is 33.6 Å². The molecule has 0 aliphatic heterocycles. The van der Waals surface area contributed by atoms with Crippen LogP contribution in [0.4, 0.5) is 13.2 Å². The minimum atomic E-state index is -4.12. The molecule has 14 heavy (non-hydrogen) atoms. The molecule has 0 spiro atoms. The summed E-state index contributed by atoms with van der Waals surface area (Å²) < 4.78 is 35.6. The molecule has 0 rings (SSSR count). The highest BCUT2D eigenvalue weighted by Crippen LogP contribution is 2.21. The zero-order valence-electron chi connectivity index (χ0n) is 8.78. The van der Waals surface area contributed by atoms with Crippen LogP contribution in [-0.4, -0.2) is 29.5 Å². The zero-order valence-corrected chi connectivity index (χ0v) is 8.78. The molecular weight excluding hydrogens is 195 g/mol. The second kappa shape index (κ2) is 4.98. The molecule has 0 saturated heterocycles. The van der Waals surface area contributed by atoms with E-state index in [-0.39, 0.29) is 0 Å². The summed E-state index contributed by atoms with van der Waals surface area (Å²) in [5.41, 5.74) is -0.828. The Labute approximate surface area is 82.5 Å². The topological polar surface area (TPSA) is 32.3 Å². The smallest absolute Gasteiger partial charge is 0.390 e. The van der Waals surface area contributed by atoms with Crippen LogP contribution in [0.5, 0.6) is 0 Å². The molecule has 2 nitrogen and oxygen atoms in total. The van der Waals surface area contributed by atoms with Gasteiger partial charge in [-0.2, -0.15) is 13.2 Å². The Bertz CT molecular complexity index is 162. The molecule has 86 valence electrons. The maximum atomic E-state index is 11.9. The summed E-state index contributed by atoms with van der Waals surface area (Å²) >= 11 is 0. The van der Waals surface area contributed by atoms with E-state index < -0.39 is 24.2 Å². The van der Waals surface area contributed by atoms with Crippen molar-refractivity contribution in [2.45, 2.75) is 51.4 Å². The van der Waals surface area contributed by atoms with E-state index >= 15 is 0 Å². The number of rotatable bonds is 5. The Morgan fingerprint density at radius 2 is 1.79 bits per heavy atom. The molecule has 0 aromatic carbocycles. The van der Waals surface area contributed by atoms with Crippen LogP contribution < -0.4 is 5.32 Å². The van der Waals surface area contributed by atoms with Gasteiger partial charge in [-0.3, -0.25) is 0 Å². The average molecular weight is 213 g/mol. The first kappa shape index (κ1) is 13.7. The van der Waals surface area contributed by atoms with Crippen LogP contribution in [-0.2, 0) is 0 Å². The molecule has 0 saturated carbocycles. The number of hydrogen-bond acceptors (Lipinski definition) is 2. The van der Waals surface area contributed by atoms with Crippen molar-refractivity contribution in [3.05, 3.63) is 0 Å². The second-order valence-electron chi connectivity index (χ2n) is 4.24. The fourth-order valence-electron chi connectivity index (χ4n) is 1.04. The highest BCUT2D eigenvalue weighted by Gasteiger charge is 2.29. The summed E-state index contributed by atoms with van der Waals surface area (Å²) in [6, 6.07) is -0.600. The van der Waals surface area contributed by atoms with Gasteiger partial charge in [-0.05, 0) is 33.7 Å². The highest BCUT2D eigenvalue weighted by molar-refractivity contribution is 4.70. The van der Waals surface area contributed by atoms with Gasteiger partial charge in [-0.25, -0.2) is 0 Å². The lowest BCUT2D eigenvalue weighted by atomic mass is 10.1. The van der Waals surface area contributed by atoms with Gasteiger partial charge in [0.25, 0.3) is 0 Å². The Morgan fingerprint density at radius 1 is 1.29 bits per heavy atom. The Hall–Kier alpha value is -0.290. The van der Waals surface area contributed by atoms with E-state index in [1.807, 2.05) is 0 Å². The molecule has 0 radical (unpaired) electrons. The number of alkyl halides is 3. The van der Waals surface area contributed by atoms with Crippen LogP contribution in [0, 0.1) is 0 Å². The third-order valence-corrected chi connectivity index (χ3v) is 1.77. The molecule has 0 aliphatic rings. The van der Waals surface area contributed by atoms with E-state index in [4.69, 9.17) is 0 Å². The van der Waals surface area contributed by atoms with Gasteiger partial charge in [0.1, 0.15) is 0 Å². The Kier molecular flexibility index (Phi) is 4.88. The van der Waals surface area contributed by atoms with E-state index in [0.717, 1.165) is 0 Å². The zero-order chi connectivity index (χ0) is 11.4. The summed E-state index contributed by atoms with van der Waals surface area (Å²) in [6.07, 6.45) is -4.52. The summed E-state index contributed by atoms with van der Waals surface area (Å²) in [4.78, 5) is 0. The van der Waals surface area contributed by atoms with Crippen molar-refractivity contribution in [2.75, 3.05) is 6.54 Å². The van der Waals surface area contributed by atoms with Gasteiger partial charge in [0.15, 0.2) is 0 Å². The minimum Gasteiger partial charge on any atom is -0.390 e. The Morgan fingerprint density at radius 3 is 2.14 bits per heavy atom. The predicted molar refractivity (Wildman–Crippen MR) is 49.1 cm³/mol. The first-order chi connectivity index (χ1) is 6.10. The van der Waals surface area contributed by atoms with Gasteiger partial charge in [0.05, 0.1) is 12.0 Å². The molecule has 1 unspecified atom stereocenters. The normalized spacial score (nSPS) is 15.6. The fraction of sp³-hybridized carbons (Fsp3) is 1.00. The maximum Gasteiger partial charge on any atom is 0.390 e. The van der Waals surface area contributed by atoms with E-state index in [0.29, 0.717) is 13.0 Å². The van der Waals surface area contributed by atoms with Crippen molar-refractivity contribution in [3.63, 3.8) is 0 Å². The molecule has 0 heterocycles. The minimum absolute atomic E-state index is 0.390. The molecule has 0 aromatic heterocycles. The van der Waals surface area contributed by atoms with E-state index in [9.17, 15) is 18.3 Å². The molecule has 0 aliphatic carbocycles. The average Bonchev–Trinajstić information content (AvgIpc) is 1.78. The predicted octanol–water partition coefficient (Wildman–Crippen LogP) is 2.08. The van der Waals surface area contributed by atoms with Crippen molar-refractivity contribution >= 4 is 0 Å². The number of hydrogen-bond donors (Lipinski definition) is 2. The summed E-state index contributed by atoms with van der Waals surface area (Å²) in [6.45, 7) is 5.13. The molecule has 0 amide bonds. The molecule has 5 heteroatoms. The van der Waals surface area contributed by atoms with Gasteiger partial charge >= 0.3 is 6.18 Å². The van der Waals surface area contributed by atoms with Crippen LogP contribution >= 0.6 is 0 Å². The lowest BCUT2D eigenvalue weighted by Gasteiger charge is -2.20. The molecule has 0 fully saturated rings. The largest absolute Gasteiger partial charge is 0.390 e. The number of nitrogens with one attached hydrogen (secondary N) is 1. The van der Waals surface area contributed by atoms with Gasteiger partial charge in [0, 0.05) is 6.04 Å². The SMILES string of the molecule is CC(CC(F)(F)F)NCCC(C)(C)O. The van der Waals surface area contributed by atoms with Gasteiger partial charge in [0.2, 0.25) is 0 Å². The van der Waals surface area contributed by atoms with Crippen molar-refractivity contribution < 1.29 is 18.3 Å². The second-order valence-corrected chi connectivity index (χ2v) is 4.24. The Balaban J connectivity index is 3.60. The third-order valence-electron chi connectivity index (χ3n) is 1.77. The molecule has 1 atom stereocenters. The molecular formula is C9H18F3NO. The van der Waals surface area contributed by atoms with E-state index in [2.05, 4.69) is 5.32 Å². The van der Waals surface area contributed by atoms with Crippen molar-refractivity contribution in [1.29, 1.82) is 0 Å². The fourth-order valence-corrected chi connectivity index (χ4v) is 1.04. The highest BCUT2D eigenvalue weighted by atomic mass is 19.4. The lowest BCUT2D eigenvalue weighted by Crippen LogP contribution is -2.35. The monoisotopic (exact) mass is 213 g/mol. The number of aliphatic hydroxyl groups is 1. The quantitative estimate of drug-likeness (QED) is 0.732. The van der Waals surface area contributed by atoms with Crippen LogP contribution in [0.15, 0.2) is 0 Å². The van der Waals surface area contributed by atoms with Crippen molar-refractivity contribution in [1.82, 2.24) is 5.32 Å². The first-order valence-corrected chi connectivity index (χ1v) is 4.63. The van der Waals surface area contributed by atoms with E-state index in [1.165, 1.54) is 6.92 Å². The van der Waals surface area contributed by atoms with Gasteiger partial charge in [-0.1, -0.05) is 0 Å². The van der Waals surface area contributed by atoms with E-state index in [1.54, 1.807) is 13.8 Å². The van der Waals surface area contributed by atoms with Crippen LogP contribution in [0.25, 0.3) is 0 Å². The molecule has 0 aromatic rings. The molecule has 0 bridgehead atoms. The lowest BCUT2D eigenvalue weighted by molar-refractivity contribution is -0.139. The third kappa shape index (κ3) is 9.80. The van der Waals surface area contributed by atoms with Crippen LogP contribution in [0.3, 0.4) is 0 Å². The van der Waals surface area contributed by atoms with Crippen molar-refractivity contribution in [3.8, 4) is 0 Å². The van der Waals surface area contributed by atoms with Gasteiger partial charge < -0.3 is 10.4 Å². The summed E-state index contributed by atoms with van der Waals surface area (Å²) in [5, 5.41) is 12.0. The number of halogens is 3. The van der Waals surface area contributed by atoms with Gasteiger partial charge in [-0.15, -0.1) is 0 Å².